The Hall–Kier alpha value is -1.53. The van der Waals surface area contributed by atoms with Crippen LogP contribution < -0.4 is 0 Å². The standard InChI is InChI=1S/C16H22O10/c1-2-7-14(24-6-8-13(21)23-4-3-16(7,8)22)26-15-12(20)11(19)10(18)9(5-17)25-15/h2,6-7,9-12,14-15,17-20,22H,1,3-5H2/t7-,9-,10+,11+,12+,14+,15+,16-/m0/s1. The number of hydrogen-bond acceptors (Lipinski definition) is 10. The SMILES string of the molecule is C=C[C@H]1[C@@H](O[C@H]2O[C@@H](CO)[C@@H](O)[C@@H](O)[C@H]2O)OC=C2C(=O)OCC[C@@]21O. The van der Waals surface area contributed by atoms with Gasteiger partial charge in [-0.05, 0) is 0 Å². The summed E-state index contributed by atoms with van der Waals surface area (Å²) in [5.74, 6) is -1.61. The first kappa shape index (κ1) is 19.2. The number of hydrogen-bond donors (Lipinski definition) is 5. The Bertz CT molecular complexity index is 590. The Kier molecular flexibility index (Phi) is 5.35. The highest BCUT2D eigenvalue weighted by molar-refractivity contribution is 5.91. The number of cyclic esters (lactones) is 1. The number of carbonyl (C=O) groups excluding carboxylic acids is 1. The zero-order chi connectivity index (χ0) is 19.1. The number of carbonyl (C=O) groups is 1. The van der Waals surface area contributed by atoms with Gasteiger partial charge in [0.15, 0.2) is 6.29 Å². The maximum Gasteiger partial charge on any atom is 0.340 e. The van der Waals surface area contributed by atoms with Gasteiger partial charge in [0, 0.05) is 6.42 Å². The van der Waals surface area contributed by atoms with Crippen LogP contribution in [0.3, 0.4) is 0 Å². The van der Waals surface area contributed by atoms with Gasteiger partial charge in [-0.15, -0.1) is 6.58 Å². The smallest absolute Gasteiger partial charge is 0.340 e. The van der Waals surface area contributed by atoms with Gasteiger partial charge in [0.05, 0.1) is 25.4 Å². The number of esters is 1. The average molecular weight is 374 g/mol. The third-order valence-electron chi connectivity index (χ3n) is 4.94. The van der Waals surface area contributed by atoms with Gasteiger partial charge < -0.3 is 44.5 Å². The summed E-state index contributed by atoms with van der Waals surface area (Å²) >= 11 is 0. The molecule has 0 spiro atoms. The van der Waals surface area contributed by atoms with Crippen LogP contribution >= 0.6 is 0 Å². The third kappa shape index (κ3) is 3.03. The van der Waals surface area contributed by atoms with Crippen molar-refractivity contribution >= 4 is 5.97 Å². The van der Waals surface area contributed by atoms with Gasteiger partial charge in [0.25, 0.3) is 0 Å². The molecule has 5 N–H and O–H groups in total. The van der Waals surface area contributed by atoms with E-state index in [9.17, 15) is 30.3 Å². The fraction of sp³-hybridized carbons (Fsp3) is 0.688. The Morgan fingerprint density at radius 3 is 2.65 bits per heavy atom. The molecule has 26 heavy (non-hydrogen) atoms. The molecule has 0 aromatic heterocycles. The molecule has 0 amide bonds. The van der Waals surface area contributed by atoms with E-state index in [2.05, 4.69) is 6.58 Å². The van der Waals surface area contributed by atoms with E-state index < -0.39 is 61.1 Å². The van der Waals surface area contributed by atoms with E-state index in [1.807, 2.05) is 0 Å². The van der Waals surface area contributed by atoms with Gasteiger partial charge in [-0.3, -0.25) is 0 Å². The van der Waals surface area contributed by atoms with E-state index in [1.54, 1.807) is 0 Å². The minimum Gasteiger partial charge on any atom is -0.471 e. The van der Waals surface area contributed by atoms with Crippen molar-refractivity contribution in [2.24, 2.45) is 5.92 Å². The summed E-state index contributed by atoms with van der Waals surface area (Å²) in [6.45, 7) is 3.03. The molecule has 0 aliphatic carbocycles. The van der Waals surface area contributed by atoms with E-state index in [-0.39, 0.29) is 18.6 Å². The van der Waals surface area contributed by atoms with Gasteiger partial charge >= 0.3 is 5.97 Å². The van der Waals surface area contributed by atoms with E-state index in [0.29, 0.717) is 0 Å². The minimum absolute atomic E-state index is 0.00375. The Labute approximate surface area is 148 Å². The molecule has 8 atom stereocenters. The normalized spacial score (nSPS) is 45.8. The summed E-state index contributed by atoms with van der Waals surface area (Å²) in [4.78, 5) is 11.8. The lowest BCUT2D eigenvalue weighted by atomic mass is 9.76. The van der Waals surface area contributed by atoms with Crippen molar-refractivity contribution in [1.82, 2.24) is 0 Å². The molecular formula is C16H22O10. The molecule has 3 rings (SSSR count). The van der Waals surface area contributed by atoms with Gasteiger partial charge in [-0.2, -0.15) is 0 Å². The number of aliphatic hydroxyl groups excluding tert-OH is 4. The van der Waals surface area contributed by atoms with Crippen molar-refractivity contribution < 1.29 is 49.3 Å². The predicted molar refractivity (Wildman–Crippen MR) is 82.0 cm³/mol. The molecule has 0 aromatic rings. The Morgan fingerprint density at radius 2 is 2.00 bits per heavy atom. The maximum absolute atomic E-state index is 11.8. The summed E-state index contributed by atoms with van der Waals surface area (Å²) in [5.41, 5.74) is -1.70. The average Bonchev–Trinajstić information content (AvgIpc) is 2.61. The first-order chi connectivity index (χ1) is 12.3. The van der Waals surface area contributed by atoms with Gasteiger partial charge in [0.2, 0.25) is 6.29 Å². The minimum atomic E-state index is -1.63. The lowest BCUT2D eigenvalue weighted by Gasteiger charge is -2.46. The summed E-state index contributed by atoms with van der Waals surface area (Å²) in [5, 5.41) is 49.9. The van der Waals surface area contributed by atoms with Gasteiger partial charge in [-0.25, -0.2) is 4.79 Å². The lowest BCUT2D eigenvalue weighted by molar-refractivity contribution is -0.344. The second kappa shape index (κ2) is 7.24. The first-order valence-electron chi connectivity index (χ1n) is 8.17. The summed E-state index contributed by atoms with van der Waals surface area (Å²) in [7, 11) is 0. The fourth-order valence-electron chi connectivity index (χ4n) is 3.36. The number of ether oxygens (including phenoxy) is 4. The van der Waals surface area contributed by atoms with Crippen molar-refractivity contribution in [2.45, 2.75) is 49.0 Å². The van der Waals surface area contributed by atoms with E-state index in [4.69, 9.17) is 18.9 Å². The van der Waals surface area contributed by atoms with E-state index in [0.717, 1.165) is 6.26 Å². The summed E-state index contributed by atoms with van der Waals surface area (Å²) in [6.07, 6.45) is -6.10. The highest BCUT2D eigenvalue weighted by Crippen LogP contribution is 2.42. The van der Waals surface area contributed by atoms with Crippen LogP contribution in [-0.2, 0) is 23.7 Å². The molecule has 3 aliphatic heterocycles. The van der Waals surface area contributed by atoms with E-state index in [1.165, 1.54) is 6.08 Å². The monoisotopic (exact) mass is 374 g/mol. The van der Waals surface area contributed by atoms with Crippen LogP contribution in [0.25, 0.3) is 0 Å². The Balaban J connectivity index is 1.81. The second-order valence-corrected chi connectivity index (χ2v) is 6.44. The maximum atomic E-state index is 11.8. The molecule has 0 bridgehead atoms. The van der Waals surface area contributed by atoms with Crippen LogP contribution in [0.4, 0.5) is 0 Å². The molecule has 0 radical (unpaired) electrons. The molecule has 0 aromatic carbocycles. The van der Waals surface area contributed by atoms with Crippen molar-refractivity contribution in [3.8, 4) is 0 Å². The molecule has 2 saturated heterocycles. The highest BCUT2D eigenvalue weighted by atomic mass is 16.8. The van der Waals surface area contributed by atoms with Crippen LogP contribution in [0.5, 0.6) is 0 Å². The highest BCUT2D eigenvalue weighted by Gasteiger charge is 2.54. The van der Waals surface area contributed by atoms with Crippen LogP contribution in [0.1, 0.15) is 6.42 Å². The summed E-state index contributed by atoms with van der Waals surface area (Å²) in [6, 6.07) is 0. The molecule has 2 fully saturated rings. The second-order valence-electron chi connectivity index (χ2n) is 6.44. The largest absolute Gasteiger partial charge is 0.471 e. The van der Waals surface area contributed by atoms with Crippen LogP contribution in [0.2, 0.25) is 0 Å². The van der Waals surface area contributed by atoms with Gasteiger partial charge in [0.1, 0.15) is 35.6 Å². The van der Waals surface area contributed by atoms with E-state index >= 15 is 0 Å². The van der Waals surface area contributed by atoms with Crippen molar-refractivity contribution in [3.05, 3.63) is 24.5 Å². The zero-order valence-corrected chi connectivity index (χ0v) is 13.8. The van der Waals surface area contributed by atoms with Crippen LogP contribution in [0, 0.1) is 5.92 Å². The lowest BCUT2D eigenvalue weighted by Crippen LogP contribution is -2.61. The van der Waals surface area contributed by atoms with Gasteiger partial charge in [-0.1, -0.05) is 6.08 Å². The molecule has 0 unspecified atom stereocenters. The topological polar surface area (TPSA) is 155 Å². The number of rotatable bonds is 4. The van der Waals surface area contributed by atoms with Crippen molar-refractivity contribution in [2.75, 3.05) is 13.2 Å². The molecular weight excluding hydrogens is 352 g/mol. The van der Waals surface area contributed by atoms with Crippen molar-refractivity contribution in [3.63, 3.8) is 0 Å². The zero-order valence-electron chi connectivity index (χ0n) is 13.8. The molecule has 3 heterocycles. The quantitative estimate of drug-likeness (QED) is 0.264. The molecule has 146 valence electrons. The molecule has 10 heteroatoms. The van der Waals surface area contributed by atoms with Crippen molar-refractivity contribution in [1.29, 1.82) is 0 Å². The number of fused-ring (bicyclic) bond motifs is 1. The summed E-state index contributed by atoms with van der Waals surface area (Å²) < 4.78 is 21.1. The van der Waals surface area contributed by atoms with Crippen LogP contribution in [-0.4, -0.2) is 87.3 Å². The molecule has 10 nitrogen and oxygen atoms in total. The predicted octanol–water partition coefficient (Wildman–Crippen LogP) is -2.48. The number of aliphatic hydroxyl groups is 5. The van der Waals surface area contributed by atoms with Crippen LogP contribution in [0.15, 0.2) is 24.5 Å². The Morgan fingerprint density at radius 1 is 1.27 bits per heavy atom. The first-order valence-corrected chi connectivity index (χ1v) is 8.17. The molecule has 3 aliphatic rings. The third-order valence-corrected chi connectivity index (χ3v) is 4.94. The molecule has 0 saturated carbocycles. The fourth-order valence-corrected chi connectivity index (χ4v) is 3.36.